The minimum atomic E-state index is -0.285. The maximum atomic E-state index is 12.6. The highest BCUT2D eigenvalue weighted by atomic mass is 16.6. The van der Waals surface area contributed by atoms with Gasteiger partial charge in [0.25, 0.3) is 5.91 Å². The van der Waals surface area contributed by atoms with Gasteiger partial charge in [0.2, 0.25) is 0 Å². The van der Waals surface area contributed by atoms with Crippen molar-refractivity contribution >= 4 is 17.8 Å². The van der Waals surface area contributed by atoms with Crippen LogP contribution in [0.1, 0.15) is 62.3 Å². The number of aryl methyl sites for hydroxylation is 1. The topological polar surface area (TPSA) is 96.5 Å². The van der Waals surface area contributed by atoms with Crippen molar-refractivity contribution in [1.29, 1.82) is 0 Å². The molecular formula is C19H31N5O3. The van der Waals surface area contributed by atoms with Crippen molar-refractivity contribution in [2.75, 3.05) is 31.6 Å². The molecule has 1 fully saturated rings. The van der Waals surface area contributed by atoms with Gasteiger partial charge in [-0.1, -0.05) is 19.8 Å². The molecule has 2 N–H and O–H groups in total. The Morgan fingerprint density at radius 3 is 2.63 bits per heavy atom. The largest absolute Gasteiger partial charge is 0.450 e. The first-order chi connectivity index (χ1) is 13.0. The van der Waals surface area contributed by atoms with Gasteiger partial charge in [-0.15, -0.1) is 0 Å². The molecule has 0 radical (unpaired) electrons. The quantitative estimate of drug-likeness (QED) is 0.676. The molecule has 27 heavy (non-hydrogen) atoms. The molecule has 0 aliphatic carbocycles. The lowest BCUT2D eigenvalue weighted by atomic mass is 10.1. The molecule has 0 unspecified atom stereocenters. The van der Waals surface area contributed by atoms with E-state index >= 15 is 0 Å². The maximum Gasteiger partial charge on any atom is 0.409 e. The highest BCUT2D eigenvalue weighted by Gasteiger charge is 2.25. The highest BCUT2D eigenvalue weighted by Crippen LogP contribution is 2.13. The van der Waals surface area contributed by atoms with E-state index in [-0.39, 0.29) is 18.0 Å². The predicted molar refractivity (Wildman–Crippen MR) is 104 cm³/mol. The molecule has 0 aromatic carbocycles. The predicted octanol–water partition coefficient (Wildman–Crippen LogP) is 2.74. The van der Waals surface area contributed by atoms with Gasteiger partial charge in [-0.2, -0.15) is 0 Å². The molecule has 1 saturated heterocycles. The third-order valence-electron chi connectivity index (χ3n) is 4.51. The molecule has 0 atom stereocenters. The average Bonchev–Trinajstić information content (AvgIpc) is 2.65. The number of hydrogen-bond donors (Lipinski definition) is 2. The molecule has 1 aromatic rings. The number of ether oxygens (including phenoxy) is 1. The fraction of sp³-hybridized carbons (Fsp3) is 0.684. The molecule has 0 bridgehead atoms. The highest BCUT2D eigenvalue weighted by molar-refractivity contribution is 5.93. The van der Waals surface area contributed by atoms with Crippen LogP contribution >= 0.6 is 0 Å². The Labute approximate surface area is 161 Å². The van der Waals surface area contributed by atoms with Crippen LogP contribution in [0, 0.1) is 6.92 Å². The van der Waals surface area contributed by atoms with E-state index in [2.05, 4.69) is 27.5 Å². The van der Waals surface area contributed by atoms with Crippen LogP contribution < -0.4 is 10.6 Å². The molecule has 0 saturated carbocycles. The molecule has 1 aromatic heterocycles. The molecule has 1 aliphatic rings. The normalized spacial score (nSPS) is 14.7. The number of carbonyl (C=O) groups is 2. The Morgan fingerprint density at radius 1 is 1.22 bits per heavy atom. The molecule has 1 aliphatic heterocycles. The van der Waals surface area contributed by atoms with Crippen LogP contribution in [0.4, 0.5) is 10.6 Å². The van der Waals surface area contributed by atoms with Gasteiger partial charge in [0.15, 0.2) is 0 Å². The van der Waals surface area contributed by atoms with Gasteiger partial charge >= 0.3 is 6.09 Å². The number of hydrogen-bond acceptors (Lipinski definition) is 6. The second kappa shape index (κ2) is 10.7. The zero-order chi connectivity index (χ0) is 19.6. The van der Waals surface area contributed by atoms with Gasteiger partial charge in [-0.3, -0.25) is 4.79 Å². The number of anilines is 1. The standard InChI is InChI=1S/C19H31N5O3/c1-4-6-7-10-20-17-13-16(21-14(3)22-17)18(25)23-15-8-11-24(12-9-15)19(26)27-5-2/h13,15H,4-12H2,1-3H3,(H,23,25)(H,20,21,22). The Bertz CT molecular complexity index is 630. The first-order valence-corrected chi connectivity index (χ1v) is 9.85. The van der Waals surface area contributed by atoms with Gasteiger partial charge in [0.1, 0.15) is 17.3 Å². The van der Waals surface area contributed by atoms with E-state index < -0.39 is 0 Å². The van der Waals surface area contributed by atoms with Crippen LogP contribution in [0.5, 0.6) is 0 Å². The van der Waals surface area contributed by atoms with Crippen molar-refractivity contribution in [2.24, 2.45) is 0 Å². The fourth-order valence-electron chi connectivity index (χ4n) is 3.05. The second-order valence-corrected chi connectivity index (χ2v) is 6.75. The summed E-state index contributed by atoms with van der Waals surface area (Å²) in [5.41, 5.74) is 0.369. The lowest BCUT2D eigenvalue weighted by molar-refractivity contribution is 0.0856. The number of rotatable bonds is 8. The van der Waals surface area contributed by atoms with Gasteiger partial charge in [0.05, 0.1) is 6.61 Å². The smallest absolute Gasteiger partial charge is 0.409 e. The van der Waals surface area contributed by atoms with Crippen molar-refractivity contribution < 1.29 is 14.3 Å². The summed E-state index contributed by atoms with van der Waals surface area (Å²) in [5.74, 6) is 1.05. The number of likely N-dealkylation sites (tertiary alicyclic amines) is 1. The van der Waals surface area contributed by atoms with Crippen LogP contribution in [-0.2, 0) is 4.74 Å². The maximum absolute atomic E-state index is 12.6. The summed E-state index contributed by atoms with van der Waals surface area (Å²) >= 11 is 0. The zero-order valence-corrected chi connectivity index (χ0v) is 16.6. The monoisotopic (exact) mass is 377 g/mol. The third kappa shape index (κ3) is 6.69. The average molecular weight is 377 g/mol. The third-order valence-corrected chi connectivity index (χ3v) is 4.51. The van der Waals surface area contributed by atoms with Gasteiger partial charge < -0.3 is 20.3 Å². The second-order valence-electron chi connectivity index (χ2n) is 6.75. The number of aromatic nitrogens is 2. The van der Waals surface area contributed by atoms with Crippen molar-refractivity contribution in [3.63, 3.8) is 0 Å². The Hall–Kier alpha value is -2.38. The van der Waals surface area contributed by atoms with Crippen LogP contribution in [-0.4, -0.2) is 59.2 Å². The first kappa shape index (κ1) is 20.9. The summed E-state index contributed by atoms with van der Waals surface area (Å²) in [7, 11) is 0. The molecule has 0 spiro atoms. The Balaban J connectivity index is 1.87. The molecule has 8 heteroatoms. The number of piperidine rings is 1. The summed E-state index contributed by atoms with van der Waals surface area (Å²) in [4.78, 5) is 34.6. The van der Waals surface area contributed by atoms with E-state index in [1.807, 2.05) is 0 Å². The van der Waals surface area contributed by atoms with E-state index in [1.54, 1.807) is 24.8 Å². The van der Waals surface area contributed by atoms with Crippen molar-refractivity contribution in [1.82, 2.24) is 20.2 Å². The van der Waals surface area contributed by atoms with Gasteiger partial charge in [-0.05, 0) is 33.1 Å². The Morgan fingerprint density at radius 2 is 1.96 bits per heavy atom. The molecule has 2 amide bonds. The van der Waals surface area contributed by atoms with E-state index in [0.717, 1.165) is 25.8 Å². The van der Waals surface area contributed by atoms with Crippen LogP contribution in [0.15, 0.2) is 6.07 Å². The molecule has 8 nitrogen and oxygen atoms in total. The van der Waals surface area contributed by atoms with Crippen LogP contribution in [0.25, 0.3) is 0 Å². The fourth-order valence-corrected chi connectivity index (χ4v) is 3.05. The van der Waals surface area contributed by atoms with E-state index in [1.165, 1.54) is 0 Å². The van der Waals surface area contributed by atoms with Crippen molar-refractivity contribution in [3.8, 4) is 0 Å². The summed E-state index contributed by atoms with van der Waals surface area (Å²) in [6.45, 7) is 8.10. The van der Waals surface area contributed by atoms with Crippen LogP contribution in [0.3, 0.4) is 0 Å². The summed E-state index contributed by atoms with van der Waals surface area (Å²) in [6.07, 6.45) is 4.52. The summed E-state index contributed by atoms with van der Waals surface area (Å²) < 4.78 is 5.02. The Kier molecular flexibility index (Phi) is 8.29. The lowest BCUT2D eigenvalue weighted by Crippen LogP contribution is -2.46. The van der Waals surface area contributed by atoms with Gasteiger partial charge in [-0.25, -0.2) is 14.8 Å². The first-order valence-electron chi connectivity index (χ1n) is 9.85. The number of amides is 2. The zero-order valence-electron chi connectivity index (χ0n) is 16.6. The van der Waals surface area contributed by atoms with Crippen LogP contribution in [0.2, 0.25) is 0 Å². The van der Waals surface area contributed by atoms with Crippen molar-refractivity contribution in [3.05, 3.63) is 17.6 Å². The number of nitrogens with zero attached hydrogens (tertiary/aromatic N) is 3. The number of carbonyl (C=O) groups excluding carboxylic acids is 2. The summed E-state index contributed by atoms with van der Waals surface area (Å²) in [6, 6.07) is 1.72. The molecule has 150 valence electrons. The van der Waals surface area contributed by atoms with Gasteiger partial charge in [0, 0.05) is 31.7 Å². The molecular weight excluding hydrogens is 346 g/mol. The SMILES string of the molecule is CCCCCNc1cc(C(=O)NC2CCN(C(=O)OCC)CC2)nc(C)n1. The minimum absolute atomic E-state index is 0.0272. The minimum Gasteiger partial charge on any atom is -0.450 e. The van der Waals surface area contributed by atoms with E-state index in [4.69, 9.17) is 4.74 Å². The molecule has 2 rings (SSSR count). The van der Waals surface area contributed by atoms with E-state index in [9.17, 15) is 9.59 Å². The van der Waals surface area contributed by atoms with E-state index in [0.29, 0.717) is 49.9 Å². The number of unbranched alkanes of at least 4 members (excludes halogenated alkanes) is 2. The lowest BCUT2D eigenvalue weighted by Gasteiger charge is -2.31. The summed E-state index contributed by atoms with van der Waals surface area (Å²) in [5, 5.41) is 6.28. The number of nitrogens with one attached hydrogen (secondary N) is 2. The van der Waals surface area contributed by atoms with Crippen molar-refractivity contribution in [2.45, 2.75) is 58.9 Å². The molecule has 2 heterocycles.